The summed E-state index contributed by atoms with van der Waals surface area (Å²) >= 11 is 0. The number of anilines is 1. The van der Waals surface area contributed by atoms with Crippen LogP contribution in [0.3, 0.4) is 0 Å². The third-order valence-corrected chi connectivity index (χ3v) is 3.45. The lowest BCUT2D eigenvalue weighted by Gasteiger charge is -2.32. The average Bonchev–Trinajstić information content (AvgIpc) is 2.68. The monoisotopic (exact) mass is 266 g/mol. The molecular formula is C12H22N6O. The molecule has 0 radical (unpaired) electrons. The summed E-state index contributed by atoms with van der Waals surface area (Å²) in [5.74, 6) is -0.176. The number of nitrogens with one attached hydrogen (secondary N) is 1. The van der Waals surface area contributed by atoms with Crippen LogP contribution in [0.5, 0.6) is 0 Å². The second kappa shape index (κ2) is 5.58. The van der Waals surface area contributed by atoms with E-state index in [-0.39, 0.29) is 5.91 Å². The molecule has 1 saturated heterocycles. The van der Waals surface area contributed by atoms with Crippen molar-refractivity contribution in [1.29, 1.82) is 0 Å². The average molecular weight is 266 g/mol. The molecule has 0 atom stereocenters. The lowest BCUT2D eigenvalue weighted by Crippen LogP contribution is -2.52. The van der Waals surface area contributed by atoms with Gasteiger partial charge in [-0.15, -0.1) is 0 Å². The van der Waals surface area contributed by atoms with Crippen LogP contribution >= 0.6 is 0 Å². The molecule has 3 N–H and O–H groups in total. The first-order valence-corrected chi connectivity index (χ1v) is 6.60. The van der Waals surface area contributed by atoms with Crippen LogP contribution in [-0.4, -0.2) is 58.8 Å². The van der Waals surface area contributed by atoms with Crippen molar-refractivity contribution in [2.75, 3.05) is 39.0 Å². The Morgan fingerprint density at radius 1 is 1.37 bits per heavy atom. The Morgan fingerprint density at radius 3 is 2.58 bits per heavy atom. The van der Waals surface area contributed by atoms with Gasteiger partial charge in [-0.05, 0) is 20.9 Å². The van der Waals surface area contributed by atoms with E-state index >= 15 is 0 Å². The molecule has 2 heterocycles. The highest BCUT2D eigenvalue weighted by Gasteiger charge is 2.22. The Morgan fingerprint density at radius 2 is 2.00 bits per heavy atom. The lowest BCUT2D eigenvalue weighted by molar-refractivity contribution is 0.0653. The molecule has 0 saturated carbocycles. The zero-order valence-corrected chi connectivity index (χ0v) is 11.8. The molecule has 1 aromatic heterocycles. The largest absolute Gasteiger partial charge is 0.395 e. The molecule has 0 bridgehead atoms. The van der Waals surface area contributed by atoms with Crippen molar-refractivity contribution in [2.24, 2.45) is 0 Å². The predicted octanol–water partition coefficient (Wildman–Crippen LogP) is -0.314. The number of aryl methyl sites for hydroxylation is 2. The molecule has 1 aliphatic heterocycles. The zero-order valence-electron chi connectivity index (χ0n) is 11.8. The minimum atomic E-state index is -0.176. The number of nitrogens with two attached hydrogens (primary N) is 1. The topological polar surface area (TPSA) is 79.4 Å². The van der Waals surface area contributed by atoms with Crippen LogP contribution in [0.15, 0.2) is 0 Å². The highest BCUT2D eigenvalue weighted by molar-refractivity contribution is 5.97. The normalized spacial score (nSPS) is 17.6. The molecule has 19 heavy (non-hydrogen) atoms. The Labute approximate surface area is 113 Å². The van der Waals surface area contributed by atoms with Crippen molar-refractivity contribution in [3.05, 3.63) is 11.4 Å². The summed E-state index contributed by atoms with van der Waals surface area (Å²) in [6.07, 6.45) is 0. The van der Waals surface area contributed by atoms with Gasteiger partial charge in [-0.25, -0.2) is 5.01 Å². The molecule has 1 aliphatic rings. The van der Waals surface area contributed by atoms with Crippen LogP contribution in [0.25, 0.3) is 0 Å². The number of hydrogen-bond acceptors (Lipinski definition) is 5. The number of aromatic nitrogens is 2. The van der Waals surface area contributed by atoms with Gasteiger partial charge >= 0.3 is 0 Å². The first-order valence-electron chi connectivity index (χ1n) is 6.60. The molecule has 7 nitrogen and oxygen atoms in total. The van der Waals surface area contributed by atoms with Crippen LogP contribution in [0, 0.1) is 6.92 Å². The maximum Gasteiger partial charge on any atom is 0.285 e. The van der Waals surface area contributed by atoms with E-state index in [4.69, 9.17) is 5.73 Å². The smallest absolute Gasteiger partial charge is 0.285 e. The first kappa shape index (κ1) is 13.8. The molecular weight excluding hydrogens is 244 g/mol. The van der Waals surface area contributed by atoms with Crippen LogP contribution in [-0.2, 0) is 6.54 Å². The van der Waals surface area contributed by atoms with Crippen LogP contribution in [0.1, 0.15) is 23.1 Å². The molecule has 0 spiro atoms. The van der Waals surface area contributed by atoms with Crippen molar-refractivity contribution in [3.8, 4) is 0 Å². The van der Waals surface area contributed by atoms with E-state index < -0.39 is 0 Å². The lowest BCUT2D eigenvalue weighted by atomic mass is 10.3. The standard InChI is InChI=1S/C12H22N6O/c1-4-18-11(10(13)9(2)14-18)12(19)15-17-7-5-16(3)6-8-17/h4-8,13H2,1-3H3,(H,15,19). The van der Waals surface area contributed by atoms with Crippen molar-refractivity contribution >= 4 is 11.6 Å². The molecule has 7 heteroatoms. The highest BCUT2D eigenvalue weighted by atomic mass is 16.2. The van der Waals surface area contributed by atoms with Crippen molar-refractivity contribution < 1.29 is 4.79 Å². The van der Waals surface area contributed by atoms with Gasteiger partial charge in [0.1, 0.15) is 0 Å². The van der Waals surface area contributed by atoms with E-state index in [1.54, 1.807) is 4.68 Å². The van der Waals surface area contributed by atoms with Crippen molar-refractivity contribution in [1.82, 2.24) is 25.1 Å². The maximum absolute atomic E-state index is 12.3. The minimum absolute atomic E-state index is 0.176. The molecule has 2 rings (SSSR count). The summed E-state index contributed by atoms with van der Waals surface area (Å²) in [6, 6.07) is 0. The van der Waals surface area contributed by atoms with Gasteiger partial charge < -0.3 is 10.6 Å². The number of nitrogen functional groups attached to an aromatic ring is 1. The van der Waals surface area contributed by atoms with E-state index in [1.165, 1.54) is 0 Å². The summed E-state index contributed by atoms with van der Waals surface area (Å²) in [4.78, 5) is 14.5. The SMILES string of the molecule is CCn1nc(C)c(N)c1C(=O)NN1CCN(C)CC1. The quantitative estimate of drug-likeness (QED) is 0.784. The van der Waals surface area contributed by atoms with Gasteiger partial charge in [0.15, 0.2) is 5.69 Å². The summed E-state index contributed by atoms with van der Waals surface area (Å²) in [6.45, 7) is 7.92. The molecule has 0 aromatic carbocycles. The van der Waals surface area contributed by atoms with E-state index in [0.717, 1.165) is 26.2 Å². The molecule has 1 aromatic rings. The number of hydrazine groups is 1. The number of carbonyl (C=O) groups is 1. The van der Waals surface area contributed by atoms with Gasteiger partial charge in [-0.2, -0.15) is 5.10 Å². The third-order valence-electron chi connectivity index (χ3n) is 3.45. The maximum atomic E-state index is 12.3. The van der Waals surface area contributed by atoms with Gasteiger partial charge in [0.2, 0.25) is 0 Å². The second-order valence-corrected chi connectivity index (χ2v) is 4.89. The van der Waals surface area contributed by atoms with Gasteiger partial charge in [0, 0.05) is 32.7 Å². The second-order valence-electron chi connectivity index (χ2n) is 4.89. The van der Waals surface area contributed by atoms with Gasteiger partial charge in [0.05, 0.1) is 11.4 Å². The number of nitrogens with zero attached hydrogens (tertiary/aromatic N) is 4. The van der Waals surface area contributed by atoms with Crippen LogP contribution in [0.2, 0.25) is 0 Å². The fraction of sp³-hybridized carbons (Fsp3) is 0.667. The Bertz CT molecular complexity index is 461. The zero-order chi connectivity index (χ0) is 14.0. The first-order chi connectivity index (χ1) is 9.02. The predicted molar refractivity (Wildman–Crippen MR) is 73.6 cm³/mol. The van der Waals surface area contributed by atoms with Gasteiger partial charge in [-0.1, -0.05) is 0 Å². The summed E-state index contributed by atoms with van der Waals surface area (Å²) in [5, 5.41) is 6.19. The number of hydrogen-bond donors (Lipinski definition) is 2. The molecule has 1 amide bonds. The van der Waals surface area contributed by atoms with E-state index in [0.29, 0.717) is 23.6 Å². The number of rotatable bonds is 3. The van der Waals surface area contributed by atoms with Crippen LogP contribution < -0.4 is 11.2 Å². The van der Waals surface area contributed by atoms with E-state index in [2.05, 4.69) is 22.5 Å². The Hall–Kier alpha value is -1.60. The van der Waals surface area contributed by atoms with Gasteiger partial charge in [0.25, 0.3) is 5.91 Å². The number of piperazine rings is 1. The fourth-order valence-corrected chi connectivity index (χ4v) is 2.18. The number of likely N-dealkylation sites (N-methyl/N-ethyl adjacent to an activating group) is 1. The third kappa shape index (κ3) is 2.87. The molecule has 1 fully saturated rings. The number of carbonyl (C=O) groups excluding carboxylic acids is 1. The van der Waals surface area contributed by atoms with Crippen molar-refractivity contribution in [3.63, 3.8) is 0 Å². The molecule has 0 unspecified atom stereocenters. The summed E-state index contributed by atoms with van der Waals surface area (Å²) in [7, 11) is 2.08. The minimum Gasteiger partial charge on any atom is -0.395 e. The van der Waals surface area contributed by atoms with Crippen LogP contribution in [0.4, 0.5) is 5.69 Å². The van der Waals surface area contributed by atoms with Gasteiger partial charge in [-0.3, -0.25) is 14.9 Å². The number of amides is 1. The molecule has 106 valence electrons. The summed E-state index contributed by atoms with van der Waals surface area (Å²) in [5.41, 5.74) is 10.5. The van der Waals surface area contributed by atoms with E-state index in [1.807, 2.05) is 18.9 Å². The summed E-state index contributed by atoms with van der Waals surface area (Å²) < 4.78 is 1.65. The Kier molecular flexibility index (Phi) is 4.06. The van der Waals surface area contributed by atoms with Crippen molar-refractivity contribution in [2.45, 2.75) is 20.4 Å². The van der Waals surface area contributed by atoms with E-state index in [9.17, 15) is 4.79 Å². The fourth-order valence-electron chi connectivity index (χ4n) is 2.18. The molecule has 0 aliphatic carbocycles. The highest BCUT2D eigenvalue weighted by Crippen LogP contribution is 2.16. The Balaban J connectivity index is 2.08.